The Balaban J connectivity index is 1.87. The molecule has 4 rings (SSSR count). The van der Waals surface area contributed by atoms with E-state index in [0.29, 0.717) is 11.5 Å². The number of fused-ring (bicyclic) bond motifs is 2. The molecule has 0 saturated heterocycles. The van der Waals surface area contributed by atoms with Gasteiger partial charge >= 0.3 is 0 Å². The summed E-state index contributed by atoms with van der Waals surface area (Å²) in [6.07, 6.45) is 5.04. The molecule has 1 aromatic carbocycles. The maximum Gasteiger partial charge on any atom is 0.274 e. The molecule has 24 heavy (non-hydrogen) atoms. The van der Waals surface area contributed by atoms with Crippen LogP contribution in [0.5, 0.6) is 0 Å². The molecule has 0 fully saturated rings. The summed E-state index contributed by atoms with van der Waals surface area (Å²) in [4.78, 5) is 21.0. The minimum Gasteiger partial charge on any atom is -0.297 e. The first-order valence-corrected chi connectivity index (χ1v) is 7.30. The van der Waals surface area contributed by atoms with Gasteiger partial charge in [0, 0.05) is 17.0 Å². The van der Waals surface area contributed by atoms with Crippen LogP contribution in [0, 0.1) is 5.41 Å². The van der Waals surface area contributed by atoms with E-state index in [0.717, 1.165) is 16.5 Å². The number of allylic oxidation sites excluding steroid dienone is 2. The van der Waals surface area contributed by atoms with E-state index in [4.69, 9.17) is 5.41 Å². The average molecular weight is 319 g/mol. The van der Waals surface area contributed by atoms with Crippen LogP contribution >= 0.6 is 0 Å². The molecule has 0 radical (unpaired) electrons. The molecule has 118 valence electrons. The maximum absolute atomic E-state index is 12.3. The van der Waals surface area contributed by atoms with Crippen molar-refractivity contribution >= 4 is 22.4 Å². The summed E-state index contributed by atoms with van der Waals surface area (Å²) in [7, 11) is 0. The topological polar surface area (TPSA) is 116 Å². The average Bonchev–Trinajstić information content (AvgIpc) is 3.21. The third-order valence-electron chi connectivity index (χ3n) is 3.65. The molecule has 0 atom stereocenters. The van der Waals surface area contributed by atoms with Gasteiger partial charge in [0.05, 0.1) is 23.1 Å². The van der Waals surface area contributed by atoms with Crippen molar-refractivity contribution in [2.75, 3.05) is 0 Å². The molecule has 3 heterocycles. The molecular weight excluding hydrogens is 306 g/mol. The third kappa shape index (κ3) is 2.21. The minimum absolute atomic E-state index is 0.184. The van der Waals surface area contributed by atoms with Gasteiger partial charge in [-0.1, -0.05) is 12.1 Å². The van der Waals surface area contributed by atoms with Crippen molar-refractivity contribution < 1.29 is 0 Å². The van der Waals surface area contributed by atoms with Crippen LogP contribution in [0.15, 0.2) is 47.4 Å². The molecule has 0 aliphatic carbocycles. The van der Waals surface area contributed by atoms with Crippen LogP contribution in [-0.2, 0) is 0 Å². The summed E-state index contributed by atoms with van der Waals surface area (Å²) in [6, 6.07) is 7.11. The van der Waals surface area contributed by atoms with Crippen LogP contribution in [0.3, 0.4) is 0 Å². The van der Waals surface area contributed by atoms with E-state index in [1.165, 1.54) is 10.6 Å². The number of rotatable bonds is 3. The fourth-order valence-corrected chi connectivity index (χ4v) is 2.50. The van der Waals surface area contributed by atoms with Crippen LogP contribution in [0.25, 0.3) is 27.9 Å². The SMILES string of the molecule is C/C=C\C(=N)c1nc2nc(-c3ccc4[nH]ncc4c3)cc(=O)n2[nH]1. The molecule has 0 aliphatic heterocycles. The van der Waals surface area contributed by atoms with Crippen molar-refractivity contribution in [1.82, 2.24) is 29.8 Å². The van der Waals surface area contributed by atoms with Crippen molar-refractivity contribution in [1.29, 1.82) is 5.41 Å². The number of aromatic nitrogens is 6. The van der Waals surface area contributed by atoms with Gasteiger partial charge in [-0.3, -0.25) is 20.4 Å². The number of hydrogen-bond acceptors (Lipinski definition) is 5. The van der Waals surface area contributed by atoms with E-state index in [1.54, 1.807) is 18.3 Å². The number of aromatic amines is 2. The highest BCUT2D eigenvalue weighted by molar-refractivity contribution is 6.03. The van der Waals surface area contributed by atoms with Gasteiger partial charge in [0.15, 0.2) is 5.82 Å². The molecule has 8 nitrogen and oxygen atoms in total. The highest BCUT2D eigenvalue weighted by atomic mass is 16.1. The zero-order chi connectivity index (χ0) is 16.7. The predicted molar refractivity (Wildman–Crippen MR) is 90.3 cm³/mol. The van der Waals surface area contributed by atoms with Crippen LogP contribution in [-0.4, -0.2) is 35.5 Å². The van der Waals surface area contributed by atoms with E-state index >= 15 is 0 Å². The van der Waals surface area contributed by atoms with Crippen molar-refractivity contribution in [3.63, 3.8) is 0 Å². The summed E-state index contributed by atoms with van der Waals surface area (Å²) < 4.78 is 1.23. The van der Waals surface area contributed by atoms with Gasteiger partial charge in [0.25, 0.3) is 11.3 Å². The molecule has 0 saturated carbocycles. The zero-order valence-electron chi connectivity index (χ0n) is 12.7. The van der Waals surface area contributed by atoms with Crippen LogP contribution in [0.2, 0.25) is 0 Å². The summed E-state index contributed by atoms with van der Waals surface area (Å²) in [5, 5.41) is 18.5. The highest BCUT2D eigenvalue weighted by Gasteiger charge is 2.11. The summed E-state index contributed by atoms with van der Waals surface area (Å²) >= 11 is 0. The maximum atomic E-state index is 12.3. The Morgan fingerprint density at radius 1 is 1.29 bits per heavy atom. The molecule has 0 amide bonds. The lowest BCUT2D eigenvalue weighted by atomic mass is 10.1. The lowest BCUT2D eigenvalue weighted by Crippen LogP contribution is -2.14. The molecule has 0 spiro atoms. The van der Waals surface area contributed by atoms with Crippen molar-refractivity contribution in [2.24, 2.45) is 0 Å². The highest BCUT2D eigenvalue weighted by Crippen LogP contribution is 2.21. The number of hydrogen-bond donors (Lipinski definition) is 3. The lowest BCUT2D eigenvalue weighted by molar-refractivity contribution is 0.896. The molecule has 8 heteroatoms. The second-order valence-corrected chi connectivity index (χ2v) is 5.27. The fourth-order valence-electron chi connectivity index (χ4n) is 2.50. The van der Waals surface area contributed by atoms with E-state index in [-0.39, 0.29) is 17.0 Å². The molecule has 0 bridgehead atoms. The van der Waals surface area contributed by atoms with Crippen LogP contribution in [0.4, 0.5) is 0 Å². The quantitative estimate of drug-likeness (QED) is 0.500. The Labute approximate surface area is 135 Å². The minimum atomic E-state index is -0.283. The third-order valence-corrected chi connectivity index (χ3v) is 3.65. The van der Waals surface area contributed by atoms with Crippen LogP contribution < -0.4 is 5.56 Å². The molecule has 0 unspecified atom stereocenters. The first kappa shape index (κ1) is 14.1. The summed E-state index contributed by atoms with van der Waals surface area (Å²) in [6.45, 7) is 1.81. The van der Waals surface area contributed by atoms with E-state index in [2.05, 4.69) is 25.3 Å². The second kappa shape index (κ2) is 5.27. The van der Waals surface area contributed by atoms with Gasteiger partial charge in [-0.15, -0.1) is 0 Å². The van der Waals surface area contributed by atoms with Gasteiger partial charge in [0.1, 0.15) is 0 Å². The van der Waals surface area contributed by atoms with Gasteiger partial charge < -0.3 is 0 Å². The Kier molecular flexibility index (Phi) is 3.09. The smallest absolute Gasteiger partial charge is 0.274 e. The normalized spacial score (nSPS) is 11.7. The molecular formula is C16H13N7O. The molecule has 3 aromatic heterocycles. The Morgan fingerprint density at radius 3 is 3.00 bits per heavy atom. The summed E-state index contributed by atoms with van der Waals surface area (Å²) in [5.74, 6) is 0.522. The van der Waals surface area contributed by atoms with Crippen molar-refractivity contribution in [2.45, 2.75) is 6.92 Å². The second-order valence-electron chi connectivity index (χ2n) is 5.27. The van der Waals surface area contributed by atoms with Gasteiger partial charge in [-0.2, -0.15) is 14.6 Å². The molecule has 3 N–H and O–H groups in total. The number of nitrogens with zero attached hydrogens (tertiary/aromatic N) is 4. The predicted octanol–water partition coefficient (Wildman–Crippen LogP) is 1.90. The zero-order valence-corrected chi connectivity index (χ0v) is 12.7. The monoisotopic (exact) mass is 319 g/mol. The molecule has 4 aromatic rings. The van der Waals surface area contributed by atoms with E-state index in [9.17, 15) is 4.79 Å². The Hall–Kier alpha value is -3.55. The first-order chi connectivity index (χ1) is 11.7. The van der Waals surface area contributed by atoms with Gasteiger partial charge in [-0.05, 0) is 25.1 Å². The van der Waals surface area contributed by atoms with E-state index in [1.807, 2.05) is 25.1 Å². The number of nitrogens with one attached hydrogen (secondary N) is 3. The van der Waals surface area contributed by atoms with E-state index < -0.39 is 0 Å². The van der Waals surface area contributed by atoms with Gasteiger partial charge in [0.2, 0.25) is 0 Å². The summed E-state index contributed by atoms with van der Waals surface area (Å²) in [5.41, 5.74) is 2.15. The van der Waals surface area contributed by atoms with Crippen LogP contribution in [0.1, 0.15) is 12.7 Å². The first-order valence-electron chi connectivity index (χ1n) is 7.30. The largest absolute Gasteiger partial charge is 0.297 e. The Morgan fingerprint density at radius 2 is 2.17 bits per heavy atom. The molecule has 0 aliphatic rings. The number of H-pyrrole nitrogens is 2. The fraction of sp³-hybridized carbons (Fsp3) is 0.0625. The van der Waals surface area contributed by atoms with Crippen molar-refractivity contribution in [3.8, 4) is 11.3 Å². The lowest BCUT2D eigenvalue weighted by Gasteiger charge is -2.00. The standard InChI is InChI=1S/C16H13N7O/c1-2-3-11(17)15-20-16-19-13(7-14(24)23(16)22-15)9-4-5-12-10(6-9)8-18-21-12/h2-8,17H,1H3,(H,18,21)(H,19,20,22)/b3-2-,17-11?. The number of benzene rings is 1. The van der Waals surface area contributed by atoms with Gasteiger partial charge in [-0.25, -0.2) is 4.98 Å². The van der Waals surface area contributed by atoms with Crippen molar-refractivity contribution in [3.05, 3.63) is 58.8 Å². The Bertz CT molecular complexity index is 1160.